The van der Waals surface area contributed by atoms with Crippen molar-refractivity contribution in [2.75, 3.05) is 6.54 Å². The Bertz CT molecular complexity index is 357. The quantitative estimate of drug-likeness (QED) is 0.412. The smallest absolute Gasteiger partial charge is 0.265 e. The SMILES string of the molecule is O=C(/C=C/c1ccccc1)C[N+](=O)[O-]. The van der Waals surface area contributed by atoms with Crippen molar-refractivity contribution in [1.29, 1.82) is 0 Å². The van der Waals surface area contributed by atoms with Gasteiger partial charge in [-0.15, -0.1) is 0 Å². The lowest BCUT2D eigenvalue weighted by Gasteiger charge is -1.90. The first kappa shape index (κ1) is 10.1. The highest BCUT2D eigenvalue weighted by Gasteiger charge is 2.03. The standard InChI is InChI=1S/C10H9NO3/c12-10(8-11(13)14)7-6-9-4-2-1-3-5-9/h1-7H,8H2/b7-6+. The molecule has 0 aliphatic heterocycles. The van der Waals surface area contributed by atoms with Gasteiger partial charge in [0, 0.05) is 4.92 Å². The molecule has 0 amide bonds. The zero-order valence-corrected chi connectivity index (χ0v) is 7.42. The molecule has 14 heavy (non-hydrogen) atoms. The van der Waals surface area contributed by atoms with E-state index in [1.165, 1.54) is 6.08 Å². The third kappa shape index (κ3) is 3.62. The summed E-state index contributed by atoms with van der Waals surface area (Å²) in [7, 11) is 0. The Morgan fingerprint density at radius 2 is 2.00 bits per heavy atom. The number of benzene rings is 1. The molecule has 0 unspecified atom stereocenters. The zero-order chi connectivity index (χ0) is 10.4. The predicted molar refractivity (Wildman–Crippen MR) is 52.3 cm³/mol. The first-order chi connectivity index (χ1) is 6.68. The summed E-state index contributed by atoms with van der Waals surface area (Å²) in [5.41, 5.74) is 0.851. The van der Waals surface area contributed by atoms with Crippen LogP contribution in [0.1, 0.15) is 5.56 Å². The van der Waals surface area contributed by atoms with Crippen LogP contribution in [0.4, 0.5) is 0 Å². The molecule has 0 saturated heterocycles. The predicted octanol–water partition coefficient (Wildman–Crippen LogP) is 1.55. The van der Waals surface area contributed by atoms with Crippen molar-refractivity contribution in [3.63, 3.8) is 0 Å². The summed E-state index contributed by atoms with van der Waals surface area (Å²) in [6.07, 6.45) is 2.78. The van der Waals surface area contributed by atoms with E-state index in [4.69, 9.17) is 0 Å². The first-order valence-electron chi connectivity index (χ1n) is 4.06. The van der Waals surface area contributed by atoms with E-state index in [2.05, 4.69) is 0 Å². The van der Waals surface area contributed by atoms with Crippen LogP contribution < -0.4 is 0 Å². The van der Waals surface area contributed by atoms with Gasteiger partial charge in [-0.25, -0.2) is 0 Å². The van der Waals surface area contributed by atoms with Crippen LogP contribution in [-0.4, -0.2) is 17.3 Å². The van der Waals surface area contributed by atoms with E-state index < -0.39 is 17.3 Å². The highest BCUT2D eigenvalue weighted by molar-refractivity contribution is 5.94. The minimum Gasteiger partial charge on any atom is -0.287 e. The second-order valence-corrected chi connectivity index (χ2v) is 2.70. The van der Waals surface area contributed by atoms with Crippen molar-refractivity contribution >= 4 is 11.9 Å². The van der Waals surface area contributed by atoms with Gasteiger partial charge in [-0.1, -0.05) is 36.4 Å². The van der Waals surface area contributed by atoms with Gasteiger partial charge in [0.15, 0.2) is 0 Å². The molecule has 4 heteroatoms. The van der Waals surface area contributed by atoms with Gasteiger partial charge in [-0.3, -0.25) is 14.9 Å². The number of nitrogens with zero attached hydrogens (tertiary/aromatic N) is 1. The molecule has 0 atom stereocenters. The average Bonchev–Trinajstić information content (AvgIpc) is 2.15. The highest BCUT2D eigenvalue weighted by atomic mass is 16.6. The van der Waals surface area contributed by atoms with Crippen molar-refractivity contribution in [1.82, 2.24) is 0 Å². The Kier molecular flexibility index (Phi) is 3.55. The van der Waals surface area contributed by atoms with Gasteiger partial charge in [-0.05, 0) is 11.6 Å². The Morgan fingerprint density at radius 3 is 2.57 bits per heavy atom. The van der Waals surface area contributed by atoms with Crippen molar-refractivity contribution in [2.24, 2.45) is 0 Å². The molecule has 4 nitrogen and oxygen atoms in total. The minimum absolute atomic E-state index is 0.501. The molecular formula is C10H9NO3. The van der Waals surface area contributed by atoms with Gasteiger partial charge in [0.1, 0.15) is 0 Å². The zero-order valence-electron chi connectivity index (χ0n) is 7.42. The number of nitro groups is 1. The van der Waals surface area contributed by atoms with Crippen molar-refractivity contribution in [2.45, 2.75) is 0 Å². The fourth-order valence-electron chi connectivity index (χ4n) is 0.933. The van der Waals surface area contributed by atoms with Crippen molar-refractivity contribution < 1.29 is 9.72 Å². The Balaban J connectivity index is 2.56. The van der Waals surface area contributed by atoms with E-state index in [0.29, 0.717) is 0 Å². The summed E-state index contributed by atoms with van der Waals surface area (Å²) < 4.78 is 0. The lowest BCUT2D eigenvalue weighted by Crippen LogP contribution is -2.10. The number of hydrogen-bond acceptors (Lipinski definition) is 3. The monoisotopic (exact) mass is 191 g/mol. The van der Waals surface area contributed by atoms with Crippen molar-refractivity contribution in [3.05, 3.63) is 52.1 Å². The van der Waals surface area contributed by atoms with Crippen LogP contribution in [0, 0.1) is 10.1 Å². The summed E-state index contributed by atoms with van der Waals surface area (Å²) in [6.45, 7) is -0.649. The van der Waals surface area contributed by atoms with Crippen LogP contribution in [-0.2, 0) is 4.79 Å². The molecule has 0 saturated carbocycles. The maximum Gasteiger partial charge on any atom is 0.265 e. The topological polar surface area (TPSA) is 60.2 Å². The normalized spacial score (nSPS) is 10.3. The van der Waals surface area contributed by atoms with Gasteiger partial charge in [0.2, 0.25) is 5.78 Å². The largest absolute Gasteiger partial charge is 0.287 e. The van der Waals surface area contributed by atoms with Gasteiger partial charge in [0.25, 0.3) is 6.54 Å². The lowest BCUT2D eigenvalue weighted by molar-refractivity contribution is -0.466. The molecule has 0 heterocycles. The summed E-state index contributed by atoms with van der Waals surface area (Å²) >= 11 is 0. The molecule has 1 aromatic carbocycles. The van der Waals surface area contributed by atoms with Gasteiger partial charge in [-0.2, -0.15) is 0 Å². The minimum atomic E-state index is -0.649. The number of ketones is 1. The molecule has 0 N–H and O–H groups in total. The summed E-state index contributed by atoms with van der Waals surface area (Å²) in [5, 5.41) is 9.97. The number of carbonyl (C=O) groups excluding carboxylic acids is 1. The van der Waals surface area contributed by atoms with Gasteiger partial charge in [0.05, 0.1) is 0 Å². The molecule has 1 aromatic rings. The molecule has 72 valence electrons. The summed E-state index contributed by atoms with van der Waals surface area (Å²) in [4.78, 5) is 20.2. The third-order valence-corrected chi connectivity index (χ3v) is 1.55. The van der Waals surface area contributed by atoms with Gasteiger partial charge >= 0.3 is 0 Å². The Hall–Kier alpha value is -1.97. The fourth-order valence-corrected chi connectivity index (χ4v) is 0.933. The van der Waals surface area contributed by atoms with E-state index >= 15 is 0 Å². The van der Waals surface area contributed by atoms with Crippen molar-refractivity contribution in [3.8, 4) is 0 Å². The first-order valence-corrected chi connectivity index (χ1v) is 4.06. The molecule has 0 aromatic heterocycles. The average molecular weight is 191 g/mol. The summed E-state index contributed by atoms with van der Waals surface area (Å²) in [5.74, 6) is -0.501. The molecular weight excluding hydrogens is 182 g/mol. The van der Waals surface area contributed by atoms with E-state index in [1.54, 1.807) is 6.08 Å². The van der Waals surface area contributed by atoms with Crippen LogP contribution in [0.15, 0.2) is 36.4 Å². The number of hydrogen-bond donors (Lipinski definition) is 0. The van der Waals surface area contributed by atoms with Gasteiger partial charge < -0.3 is 0 Å². The Labute approximate surface area is 81.0 Å². The summed E-state index contributed by atoms with van der Waals surface area (Å²) in [6, 6.07) is 9.15. The second kappa shape index (κ2) is 4.91. The van der Waals surface area contributed by atoms with Crippen LogP contribution in [0.2, 0.25) is 0 Å². The highest BCUT2D eigenvalue weighted by Crippen LogP contribution is 2.00. The maximum absolute atomic E-state index is 10.9. The Morgan fingerprint density at radius 1 is 1.36 bits per heavy atom. The van der Waals surface area contributed by atoms with Crippen LogP contribution in [0.5, 0.6) is 0 Å². The molecule has 0 radical (unpaired) electrons. The molecule has 1 rings (SSSR count). The van der Waals surface area contributed by atoms with Crippen LogP contribution in [0.25, 0.3) is 6.08 Å². The number of rotatable bonds is 4. The maximum atomic E-state index is 10.9. The molecule has 0 aliphatic carbocycles. The third-order valence-electron chi connectivity index (χ3n) is 1.55. The molecule has 0 aliphatic rings. The van der Waals surface area contributed by atoms with E-state index in [-0.39, 0.29) is 0 Å². The number of carbonyl (C=O) groups is 1. The second-order valence-electron chi connectivity index (χ2n) is 2.70. The van der Waals surface area contributed by atoms with E-state index in [0.717, 1.165) is 5.56 Å². The van der Waals surface area contributed by atoms with Crippen LogP contribution in [0.3, 0.4) is 0 Å². The van der Waals surface area contributed by atoms with Crippen LogP contribution >= 0.6 is 0 Å². The lowest BCUT2D eigenvalue weighted by atomic mass is 10.2. The molecule has 0 fully saturated rings. The van der Waals surface area contributed by atoms with E-state index in [1.807, 2.05) is 30.3 Å². The fraction of sp³-hybridized carbons (Fsp3) is 0.100. The van der Waals surface area contributed by atoms with E-state index in [9.17, 15) is 14.9 Å². The molecule has 0 bridgehead atoms. The molecule has 0 spiro atoms.